The summed E-state index contributed by atoms with van der Waals surface area (Å²) in [4.78, 5) is 0. The second kappa shape index (κ2) is 2.25. The van der Waals surface area contributed by atoms with Crippen LogP contribution in [0.3, 0.4) is 0 Å². The first-order valence-corrected chi connectivity index (χ1v) is 3.65. The van der Waals surface area contributed by atoms with Crippen LogP contribution in [0, 0.1) is 22.7 Å². The van der Waals surface area contributed by atoms with Gasteiger partial charge in [-0.2, -0.15) is 5.26 Å². The highest BCUT2D eigenvalue weighted by molar-refractivity contribution is 5.01. The molecular formula is C8H13NO. The second-order valence-corrected chi connectivity index (χ2v) is 3.66. The van der Waals surface area contributed by atoms with E-state index in [-0.39, 0.29) is 11.5 Å². The van der Waals surface area contributed by atoms with E-state index < -0.39 is 0 Å². The molecule has 0 saturated heterocycles. The van der Waals surface area contributed by atoms with Crippen LogP contribution in [0.1, 0.15) is 26.7 Å². The number of nitriles is 1. The Kier molecular flexibility index (Phi) is 1.70. The van der Waals surface area contributed by atoms with E-state index in [0.717, 1.165) is 12.8 Å². The molecule has 1 N–H and O–H groups in total. The molecule has 2 heteroatoms. The van der Waals surface area contributed by atoms with Crippen LogP contribution < -0.4 is 0 Å². The summed E-state index contributed by atoms with van der Waals surface area (Å²) in [6.45, 7) is 3.87. The molecule has 2 nitrogen and oxygen atoms in total. The van der Waals surface area contributed by atoms with Gasteiger partial charge >= 0.3 is 0 Å². The van der Waals surface area contributed by atoms with Gasteiger partial charge in [-0.05, 0) is 32.6 Å². The second-order valence-electron chi connectivity index (χ2n) is 3.66. The molecule has 1 rings (SSSR count). The Morgan fingerprint density at radius 2 is 2.00 bits per heavy atom. The van der Waals surface area contributed by atoms with Crippen molar-refractivity contribution < 1.29 is 5.11 Å². The maximum absolute atomic E-state index is 8.97. The molecule has 1 saturated carbocycles. The van der Waals surface area contributed by atoms with E-state index in [1.165, 1.54) is 0 Å². The summed E-state index contributed by atoms with van der Waals surface area (Å²) in [5, 5.41) is 17.7. The van der Waals surface area contributed by atoms with Gasteiger partial charge in [-0.25, -0.2) is 0 Å². The number of hydrogen-bond acceptors (Lipinski definition) is 2. The highest BCUT2D eigenvalue weighted by Crippen LogP contribution is 2.41. The van der Waals surface area contributed by atoms with Crippen LogP contribution in [-0.2, 0) is 0 Å². The number of nitrogens with zero attached hydrogens (tertiary/aromatic N) is 1. The molecule has 0 aromatic heterocycles. The van der Waals surface area contributed by atoms with Crippen LogP contribution in [0.2, 0.25) is 0 Å². The zero-order valence-corrected chi connectivity index (χ0v) is 6.46. The third-order valence-electron chi connectivity index (χ3n) is 2.42. The summed E-state index contributed by atoms with van der Waals surface area (Å²) in [6.07, 6.45) is 1.47. The molecule has 1 aliphatic carbocycles. The van der Waals surface area contributed by atoms with Crippen molar-refractivity contribution in [2.75, 3.05) is 0 Å². The van der Waals surface area contributed by atoms with E-state index in [1.807, 2.05) is 13.8 Å². The van der Waals surface area contributed by atoms with Crippen LogP contribution in [-0.4, -0.2) is 11.2 Å². The lowest BCUT2D eigenvalue weighted by Crippen LogP contribution is -2.37. The number of rotatable bonds is 1. The average Bonchev–Trinajstić information content (AvgIpc) is 1.81. The van der Waals surface area contributed by atoms with Crippen molar-refractivity contribution in [3.8, 4) is 6.07 Å². The summed E-state index contributed by atoms with van der Waals surface area (Å²) >= 11 is 0. The number of aliphatic hydroxyl groups is 1. The van der Waals surface area contributed by atoms with E-state index in [1.54, 1.807) is 0 Å². The van der Waals surface area contributed by atoms with E-state index >= 15 is 0 Å². The molecule has 0 aromatic rings. The van der Waals surface area contributed by atoms with Gasteiger partial charge in [0.25, 0.3) is 0 Å². The highest BCUT2D eigenvalue weighted by atomic mass is 16.3. The summed E-state index contributed by atoms with van der Waals surface area (Å²) in [6, 6.07) is 2.25. The van der Waals surface area contributed by atoms with Gasteiger partial charge in [0.1, 0.15) is 0 Å². The summed E-state index contributed by atoms with van der Waals surface area (Å²) in [7, 11) is 0. The van der Waals surface area contributed by atoms with Gasteiger partial charge in [0.2, 0.25) is 0 Å². The van der Waals surface area contributed by atoms with E-state index in [9.17, 15) is 0 Å². The quantitative estimate of drug-likeness (QED) is 0.595. The van der Waals surface area contributed by atoms with Crippen LogP contribution in [0.4, 0.5) is 0 Å². The summed E-state index contributed by atoms with van der Waals surface area (Å²) < 4.78 is 0. The van der Waals surface area contributed by atoms with Gasteiger partial charge < -0.3 is 5.11 Å². The smallest absolute Gasteiger partial charge is 0.0686 e. The first kappa shape index (κ1) is 7.56. The van der Waals surface area contributed by atoms with Crippen molar-refractivity contribution in [3.63, 3.8) is 0 Å². The lowest BCUT2D eigenvalue weighted by atomic mass is 9.67. The van der Waals surface area contributed by atoms with E-state index in [0.29, 0.717) is 5.92 Å². The maximum Gasteiger partial charge on any atom is 0.0686 e. The fourth-order valence-corrected chi connectivity index (χ4v) is 1.27. The molecule has 0 heterocycles. The third-order valence-corrected chi connectivity index (χ3v) is 2.42. The minimum Gasteiger partial charge on any atom is -0.393 e. The van der Waals surface area contributed by atoms with Crippen LogP contribution in [0.5, 0.6) is 0 Å². The lowest BCUT2D eigenvalue weighted by Gasteiger charge is -2.39. The molecule has 1 fully saturated rings. The fourth-order valence-electron chi connectivity index (χ4n) is 1.27. The first-order chi connectivity index (χ1) is 4.56. The van der Waals surface area contributed by atoms with Crippen molar-refractivity contribution >= 4 is 0 Å². The topological polar surface area (TPSA) is 44.0 Å². The molecule has 0 amide bonds. The zero-order chi connectivity index (χ0) is 7.78. The minimum absolute atomic E-state index is 0.141. The monoisotopic (exact) mass is 139 g/mol. The number of hydrogen-bond donors (Lipinski definition) is 1. The first-order valence-electron chi connectivity index (χ1n) is 3.65. The normalized spacial score (nSPS) is 32.6. The van der Waals surface area contributed by atoms with Gasteiger partial charge in [-0.3, -0.25) is 0 Å². The Hall–Kier alpha value is -0.550. The van der Waals surface area contributed by atoms with Gasteiger partial charge in [0, 0.05) is 0 Å². The maximum atomic E-state index is 8.97. The van der Waals surface area contributed by atoms with Crippen molar-refractivity contribution in [1.82, 2.24) is 0 Å². The molecular weight excluding hydrogens is 126 g/mol. The molecule has 0 atom stereocenters. The molecule has 0 bridgehead atoms. The lowest BCUT2D eigenvalue weighted by molar-refractivity contribution is 0.00299. The molecule has 10 heavy (non-hydrogen) atoms. The Balaban J connectivity index is 2.46. The van der Waals surface area contributed by atoms with Crippen molar-refractivity contribution in [2.24, 2.45) is 11.3 Å². The van der Waals surface area contributed by atoms with Gasteiger partial charge in [0.05, 0.1) is 17.6 Å². The highest BCUT2D eigenvalue weighted by Gasteiger charge is 2.39. The largest absolute Gasteiger partial charge is 0.393 e. The van der Waals surface area contributed by atoms with Crippen molar-refractivity contribution in [3.05, 3.63) is 0 Å². The molecule has 0 aliphatic heterocycles. The average molecular weight is 139 g/mol. The number of aliphatic hydroxyl groups excluding tert-OH is 1. The van der Waals surface area contributed by atoms with Crippen LogP contribution in [0.15, 0.2) is 0 Å². The standard InChI is InChI=1S/C8H13NO/c1-8(2,5-9)6-3-7(10)4-6/h6-7,10H,3-4H2,1-2H3. The SMILES string of the molecule is CC(C)(C#N)C1CC(O)C1. The van der Waals surface area contributed by atoms with Gasteiger partial charge in [-0.15, -0.1) is 0 Å². The molecule has 0 radical (unpaired) electrons. The molecule has 56 valence electrons. The zero-order valence-electron chi connectivity index (χ0n) is 6.46. The predicted molar refractivity (Wildman–Crippen MR) is 38.1 cm³/mol. The third kappa shape index (κ3) is 1.15. The van der Waals surface area contributed by atoms with Gasteiger partial charge in [-0.1, -0.05) is 0 Å². The van der Waals surface area contributed by atoms with E-state index in [4.69, 9.17) is 10.4 Å². The van der Waals surface area contributed by atoms with Crippen molar-refractivity contribution in [1.29, 1.82) is 5.26 Å². The summed E-state index contributed by atoms with van der Waals surface area (Å²) in [5.41, 5.74) is -0.237. The Morgan fingerprint density at radius 3 is 2.30 bits per heavy atom. The van der Waals surface area contributed by atoms with E-state index in [2.05, 4.69) is 6.07 Å². The Morgan fingerprint density at radius 1 is 1.50 bits per heavy atom. The van der Waals surface area contributed by atoms with Crippen LogP contribution in [0.25, 0.3) is 0 Å². The molecule has 0 spiro atoms. The Labute approximate surface area is 61.5 Å². The fraction of sp³-hybridized carbons (Fsp3) is 0.875. The molecule has 0 unspecified atom stereocenters. The van der Waals surface area contributed by atoms with Crippen molar-refractivity contribution in [2.45, 2.75) is 32.8 Å². The predicted octanol–water partition coefficient (Wildman–Crippen LogP) is 1.31. The molecule has 0 aromatic carbocycles. The summed E-state index contributed by atoms with van der Waals surface area (Å²) in [5.74, 6) is 0.410. The molecule has 1 aliphatic rings. The Bertz CT molecular complexity index is 163. The van der Waals surface area contributed by atoms with Crippen LogP contribution >= 0.6 is 0 Å². The van der Waals surface area contributed by atoms with Gasteiger partial charge in [0.15, 0.2) is 0 Å². The minimum atomic E-state index is -0.237.